The largest absolute Gasteiger partial charge is 0.493 e. The highest BCUT2D eigenvalue weighted by Crippen LogP contribution is 2.34. The average molecular weight is 334 g/mol. The molecule has 0 aliphatic carbocycles. The molecule has 1 saturated heterocycles. The summed E-state index contributed by atoms with van der Waals surface area (Å²) in [5.74, 6) is 1.54. The topological polar surface area (TPSA) is 60.0 Å². The van der Waals surface area contributed by atoms with E-state index in [1.807, 2.05) is 17.0 Å². The molecule has 132 valence electrons. The van der Waals surface area contributed by atoms with E-state index in [0.29, 0.717) is 18.8 Å². The maximum Gasteiger partial charge on any atom is 0.255 e. The van der Waals surface area contributed by atoms with Crippen molar-refractivity contribution in [2.24, 2.45) is 0 Å². The second-order valence-corrected chi connectivity index (χ2v) is 6.40. The van der Waals surface area contributed by atoms with Crippen molar-refractivity contribution in [3.05, 3.63) is 23.3 Å². The number of piperidine rings is 1. The highest BCUT2D eigenvalue weighted by Gasteiger charge is 2.43. The third kappa shape index (κ3) is 2.96. The highest BCUT2D eigenvalue weighted by atomic mass is 16.5. The number of nitrogens with zero attached hydrogens (tertiary/aromatic N) is 1. The van der Waals surface area contributed by atoms with Gasteiger partial charge in [0.05, 0.1) is 14.2 Å². The molecule has 2 heterocycles. The minimum Gasteiger partial charge on any atom is -0.493 e. The van der Waals surface area contributed by atoms with Gasteiger partial charge in [0.1, 0.15) is 5.60 Å². The molecule has 2 aliphatic rings. The van der Waals surface area contributed by atoms with E-state index in [0.717, 1.165) is 43.7 Å². The molecule has 6 heteroatoms. The maximum absolute atomic E-state index is 13.1. The molecule has 1 N–H and O–H groups in total. The first-order chi connectivity index (χ1) is 11.6. The Hall–Kier alpha value is -1.79. The Bertz CT molecular complexity index is 611. The highest BCUT2D eigenvalue weighted by molar-refractivity contribution is 5.85. The van der Waals surface area contributed by atoms with Crippen molar-refractivity contribution in [2.45, 2.75) is 31.4 Å². The van der Waals surface area contributed by atoms with Gasteiger partial charge in [-0.1, -0.05) is 0 Å². The van der Waals surface area contributed by atoms with E-state index >= 15 is 0 Å². The third-order valence-corrected chi connectivity index (χ3v) is 5.20. The molecule has 0 atom stereocenters. The van der Waals surface area contributed by atoms with Gasteiger partial charge in [-0.15, -0.1) is 0 Å². The molecule has 0 radical (unpaired) electrons. The fourth-order valence-electron chi connectivity index (χ4n) is 3.68. The minimum atomic E-state index is -0.681. The van der Waals surface area contributed by atoms with Crippen LogP contribution in [0.25, 0.3) is 0 Å². The van der Waals surface area contributed by atoms with E-state index in [2.05, 4.69) is 5.32 Å². The lowest BCUT2D eigenvalue weighted by atomic mass is 9.89. The Morgan fingerprint density at radius 1 is 1.08 bits per heavy atom. The Morgan fingerprint density at radius 3 is 2.29 bits per heavy atom. The van der Waals surface area contributed by atoms with E-state index in [9.17, 15) is 4.79 Å². The van der Waals surface area contributed by atoms with E-state index in [4.69, 9.17) is 14.2 Å². The Labute approximate surface area is 143 Å². The second kappa shape index (κ2) is 6.99. The van der Waals surface area contributed by atoms with Gasteiger partial charge in [-0.05, 0) is 55.6 Å². The molecule has 1 aromatic rings. The van der Waals surface area contributed by atoms with Gasteiger partial charge in [-0.2, -0.15) is 0 Å². The van der Waals surface area contributed by atoms with E-state index < -0.39 is 5.60 Å². The lowest BCUT2D eigenvalue weighted by Crippen LogP contribution is -2.56. The van der Waals surface area contributed by atoms with Crippen molar-refractivity contribution in [2.75, 3.05) is 41.0 Å². The Kier molecular flexibility index (Phi) is 4.96. The molecular formula is C18H26N2O4. The number of hydrogen-bond donors (Lipinski definition) is 1. The first-order valence-corrected chi connectivity index (χ1v) is 8.42. The molecule has 0 spiro atoms. The molecule has 1 aromatic carbocycles. The van der Waals surface area contributed by atoms with Gasteiger partial charge in [-0.25, -0.2) is 0 Å². The van der Waals surface area contributed by atoms with Crippen molar-refractivity contribution in [3.63, 3.8) is 0 Å². The number of amides is 1. The second-order valence-electron chi connectivity index (χ2n) is 6.40. The van der Waals surface area contributed by atoms with Crippen molar-refractivity contribution >= 4 is 5.91 Å². The van der Waals surface area contributed by atoms with Crippen LogP contribution in [0.4, 0.5) is 0 Å². The average Bonchev–Trinajstić information content (AvgIpc) is 2.66. The first-order valence-electron chi connectivity index (χ1n) is 8.42. The summed E-state index contributed by atoms with van der Waals surface area (Å²) in [4.78, 5) is 15.0. The number of fused-ring (bicyclic) bond motifs is 1. The molecule has 1 fully saturated rings. The summed E-state index contributed by atoms with van der Waals surface area (Å²) in [5, 5.41) is 3.29. The van der Waals surface area contributed by atoms with E-state index in [-0.39, 0.29) is 5.91 Å². The summed E-state index contributed by atoms with van der Waals surface area (Å²) >= 11 is 0. The number of methoxy groups -OCH3 is 3. The minimum absolute atomic E-state index is 0.104. The zero-order chi connectivity index (χ0) is 17.2. The fraction of sp³-hybridized carbons (Fsp3) is 0.611. The standard InChI is InChI=1S/C18H26N2O4/c1-22-15-10-13-4-9-20(12-14(13)11-16(15)23-2)17(21)18(24-3)5-7-19-8-6-18/h10-11,19H,4-9,12H2,1-3H3. The molecule has 0 unspecified atom stereocenters. The lowest BCUT2D eigenvalue weighted by molar-refractivity contribution is -0.159. The van der Waals surface area contributed by atoms with Crippen LogP contribution in [0.1, 0.15) is 24.0 Å². The molecule has 24 heavy (non-hydrogen) atoms. The molecule has 0 saturated carbocycles. The van der Waals surface area contributed by atoms with Crippen LogP contribution in [0.15, 0.2) is 12.1 Å². The van der Waals surface area contributed by atoms with Crippen molar-refractivity contribution < 1.29 is 19.0 Å². The van der Waals surface area contributed by atoms with Gasteiger partial charge in [0, 0.05) is 20.2 Å². The number of hydrogen-bond acceptors (Lipinski definition) is 5. The third-order valence-electron chi connectivity index (χ3n) is 5.20. The van der Waals surface area contributed by atoms with Gasteiger partial charge < -0.3 is 24.4 Å². The quantitative estimate of drug-likeness (QED) is 0.901. The van der Waals surface area contributed by atoms with Crippen LogP contribution >= 0.6 is 0 Å². The van der Waals surface area contributed by atoms with E-state index in [1.165, 1.54) is 5.56 Å². The summed E-state index contributed by atoms with van der Waals surface area (Å²) in [6.45, 7) is 2.93. The van der Waals surface area contributed by atoms with Gasteiger partial charge >= 0.3 is 0 Å². The Balaban J connectivity index is 1.82. The number of carbonyl (C=O) groups excluding carboxylic acids is 1. The van der Waals surface area contributed by atoms with Crippen molar-refractivity contribution in [1.29, 1.82) is 0 Å². The van der Waals surface area contributed by atoms with Crippen LogP contribution in [0.5, 0.6) is 11.5 Å². The van der Waals surface area contributed by atoms with Crippen LogP contribution in [-0.4, -0.2) is 57.4 Å². The fourth-order valence-corrected chi connectivity index (χ4v) is 3.68. The molecule has 0 aromatic heterocycles. The molecule has 2 aliphatic heterocycles. The van der Waals surface area contributed by atoms with Gasteiger partial charge in [-0.3, -0.25) is 4.79 Å². The first kappa shape index (κ1) is 17.0. The normalized spacial score (nSPS) is 19.5. The molecular weight excluding hydrogens is 308 g/mol. The van der Waals surface area contributed by atoms with Crippen molar-refractivity contribution in [3.8, 4) is 11.5 Å². The van der Waals surface area contributed by atoms with Crippen LogP contribution < -0.4 is 14.8 Å². The zero-order valence-electron chi connectivity index (χ0n) is 14.7. The number of benzene rings is 1. The number of rotatable bonds is 4. The van der Waals surface area contributed by atoms with Crippen LogP contribution in [0, 0.1) is 0 Å². The zero-order valence-corrected chi connectivity index (χ0v) is 14.7. The van der Waals surface area contributed by atoms with Crippen LogP contribution in [-0.2, 0) is 22.5 Å². The summed E-state index contributed by atoms with van der Waals surface area (Å²) in [6.07, 6.45) is 2.26. The maximum atomic E-state index is 13.1. The molecule has 1 amide bonds. The van der Waals surface area contributed by atoms with Gasteiger partial charge in [0.25, 0.3) is 5.91 Å². The van der Waals surface area contributed by atoms with E-state index in [1.54, 1.807) is 21.3 Å². The molecule has 3 rings (SSSR count). The summed E-state index contributed by atoms with van der Waals surface area (Å²) < 4.78 is 16.5. The summed E-state index contributed by atoms with van der Waals surface area (Å²) in [5.41, 5.74) is 1.65. The lowest BCUT2D eigenvalue weighted by Gasteiger charge is -2.40. The number of ether oxygens (including phenoxy) is 3. The monoisotopic (exact) mass is 334 g/mol. The molecule has 6 nitrogen and oxygen atoms in total. The number of nitrogens with one attached hydrogen (secondary N) is 1. The predicted molar refractivity (Wildman–Crippen MR) is 90.5 cm³/mol. The summed E-state index contributed by atoms with van der Waals surface area (Å²) in [6, 6.07) is 4.00. The van der Waals surface area contributed by atoms with Crippen molar-refractivity contribution in [1.82, 2.24) is 10.2 Å². The summed E-state index contributed by atoms with van der Waals surface area (Å²) in [7, 11) is 4.92. The molecule has 0 bridgehead atoms. The van der Waals surface area contributed by atoms with Gasteiger partial charge in [0.2, 0.25) is 0 Å². The SMILES string of the molecule is COc1cc2c(cc1OC)CN(C(=O)C1(OC)CCNCC1)CC2. The van der Waals surface area contributed by atoms with Crippen LogP contribution in [0.3, 0.4) is 0 Å². The predicted octanol–water partition coefficient (Wildman–Crippen LogP) is 1.36. The Morgan fingerprint density at radius 2 is 1.71 bits per heavy atom. The smallest absolute Gasteiger partial charge is 0.255 e. The van der Waals surface area contributed by atoms with Crippen LogP contribution in [0.2, 0.25) is 0 Å². The van der Waals surface area contributed by atoms with Gasteiger partial charge in [0.15, 0.2) is 11.5 Å². The number of carbonyl (C=O) groups is 1.